The molecule has 0 saturated carbocycles. The molecule has 7 heteroatoms. The van der Waals surface area contributed by atoms with E-state index in [4.69, 9.17) is 9.17 Å². The van der Waals surface area contributed by atoms with Gasteiger partial charge in [-0.15, -0.1) is 0 Å². The van der Waals surface area contributed by atoms with Gasteiger partial charge in [-0.1, -0.05) is 0 Å². The Labute approximate surface area is 155 Å². The number of anilines is 2. The molecule has 0 amide bonds. The standard InChI is InChI=1S/C19H19N5OS/c1-24-16-6-8-20-12-15(16)14-3-4-17(23-19(14)24)22-18-11-13(5-9-21-18)7-10-25-26-2/h3-6,8-9,11-12H,7,10H2,1-2H3,(H,21,22,23). The molecule has 4 aromatic heterocycles. The van der Waals surface area contributed by atoms with Gasteiger partial charge in [0.1, 0.15) is 17.3 Å². The van der Waals surface area contributed by atoms with E-state index in [1.165, 1.54) is 17.6 Å². The SMILES string of the molecule is CSOCCc1ccnc(Nc2ccc3c4cnccc4n(C)c3n2)c1. The zero-order valence-corrected chi connectivity index (χ0v) is 15.5. The predicted molar refractivity (Wildman–Crippen MR) is 107 cm³/mol. The van der Waals surface area contributed by atoms with Crippen molar-refractivity contribution in [1.82, 2.24) is 19.5 Å². The number of rotatable bonds is 6. The zero-order valence-electron chi connectivity index (χ0n) is 14.6. The maximum Gasteiger partial charge on any atom is 0.143 e. The summed E-state index contributed by atoms with van der Waals surface area (Å²) in [6.07, 6.45) is 8.26. The summed E-state index contributed by atoms with van der Waals surface area (Å²) in [7, 11) is 2.02. The quantitative estimate of drug-likeness (QED) is 0.410. The van der Waals surface area contributed by atoms with Crippen molar-refractivity contribution in [3.05, 3.63) is 54.5 Å². The molecule has 0 aliphatic carbocycles. The number of nitrogens with zero attached hydrogens (tertiary/aromatic N) is 4. The van der Waals surface area contributed by atoms with Gasteiger partial charge in [0.15, 0.2) is 0 Å². The third kappa shape index (κ3) is 3.23. The highest BCUT2D eigenvalue weighted by atomic mass is 32.2. The molecule has 4 rings (SSSR count). The Hall–Kier alpha value is -2.64. The lowest BCUT2D eigenvalue weighted by molar-refractivity contribution is 0.381. The summed E-state index contributed by atoms with van der Waals surface area (Å²) in [5.74, 6) is 1.54. The van der Waals surface area contributed by atoms with Crippen LogP contribution in [-0.4, -0.2) is 32.4 Å². The lowest BCUT2D eigenvalue weighted by Gasteiger charge is -2.07. The average Bonchev–Trinajstić information content (AvgIpc) is 2.95. The highest BCUT2D eigenvalue weighted by Gasteiger charge is 2.10. The highest BCUT2D eigenvalue weighted by Crippen LogP contribution is 2.27. The molecule has 0 atom stereocenters. The van der Waals surface area contributed by atoms with Crippen LogP contribution in [0.25, 0.3) is 21.9 Å². The number of hydrogen-bond donors (Lipinski definition) is 1. The largest absolute Gasteiger partial charge is 0.328 e. The maximum absolute atomic E-state index is 5.34. The zero-order chi connectivity index (χ0) is 17.9. The summed E-state index contributed by atoms with van der Waals surface area (Å²) in [6.45, 7) is 0.679. The van der Waals surface area contributed by atoms with E-state index >= 15 is 0 Å². The second-order valence-electron chi connectivity index (χ2n) is 5.93. The summed E-state index contributed by atoms with van der Waals surface area (Å²) < 4.78 is 7.43. The van der Waals surface area contributed by atoms with Crippen LogP contribution in [0.5, 0.6) is 0 Å². The molecule has 0 radical (unpaired) electrons. The van der Waals surface area contributed by atoms with Crippen LogP contribution in [-0.2, 0) is 17.7 Å². The summed E-state index contributed by atoms with van der Waals surface area (Å²) in [5.41, 5.74) is 3.21. The van der Waals surface area contributed by atoms with E-state index in [9.17, 15) is 0 Å². The first-order chi connectivity index (χ1) is 12.8. The van der Waals surface area contributed by atoms with E-state index in [0.29, 0.717) is 6.61 Å². The third-order valence-electron chi connectivity index (χ3n) is 4.31. The topological polar surface area (TPSA) is 64.9 Å². The molecular weight excluding hydrogens is 346 g/mol. The second-order valence-corrected chi connectivity index (χ2v) is 6.50. The van der Waals surface area contributed by atoms with Gasteiger partial charge in [0.05, 0.1) is 12.1 Å². The van der Waals surface area contributed by atoms with Gasteiger partial charge >= 0.3 is 0 Å². The van der Waals surface area contributed by atoms with E-state index in [1.54, 1.807) is 12.4 Å². The molecule has 4 aromatic rings. The number of aromatic nitrogens is 4. The monoisotopic (exact) mass is 365 g/mol. The van der Waals surface area contributed by atoms with Crippen LogP contribution in [0.3, 0.4) is 0 Å². The van der Waals surface area contributed by atoms with Crippen LogP contribution in [0, 0.1) is 0 Å². The first-order valence-corrected chi connectivity index (χ1v) is 9.48. The van der Waals surface area contributed by atoms with Crippen LogP contribution in [0.1, 0.15) is 5.56 Å². The second kappa shape index (κ2) is 7.31. The van der Waals surface area contributed by atoms with Crippen molar-refractivity contribution in [2.24, 2.45) is 7.05 Å². The molecule has 0 unspecified atom stereocenters. The van der Waals surface area contributed by atoms with Crippen molar-refractivity contribution < 1.29 is 4.18 Å². The van der Waals surface area contributed by atoms with Crippen LogP contribution < -0.4 is 5.32 Å². The van der Waals surface area contributed by atoms with Gasteiger partial charge in [-0.05, 0) is 54.4 Å². The fraction of sp³-hybridized carbons (Fsp3) is 0.211. The first-order valence-electron chi connectivity index (χ1n) is 8.33. The lowest BCUT2D eigenvalue weighted by atomic mass is 10.2. The van der Waals surface area contributed by atoms with E-state index < -0.39 is 0 Å². The number of pyridine rings is 3. The number of hydrogen-bond acceptors (Lipinski definition) is 6. The van der Waals surface area contributed by atoms with Crippen LogP contribution in [0.15, 0.2) is 48.9 Å². The van der Waals surface area contributed by atoms with Gasteiger partial charge in [0.2, 0.25) is 0 Å². The van der Waals surface area contributed by atoms with Crippen molar-refractivity contribution in [3.63, 3.8) is 0 Å². The van der Waals surface area contributed by atoms with Gasteiger partial charge in [0.25, 0.3) is 0 Å². The number of aryl methyl sites for hydroxylation is 1. The normalized spacial score (nSPS) is 11.3. The van der Waals surface area contributed by atoms with Gasteiger partial charge in [0, 0.05) is 42.7 Å². The Bertz CT molecular complexity index is 1060. The molecule has 0 aliphatic rings. The van der Waals surface area contributed by atoms with Crippen LogP contribution in [0.2, 0.25) is 0 Å². The smallest absolute Gasteiger partial charge is 0.143 e. The number of nitrogens with one attached hydrogen (secondary N) is 1. The Morgan fingerprint density at radius 1 is 1.12 bits per heavy atom. The fourth-order valence-corrected chi connectivity index (χ4v) is 3.31. The van der Waals surface area contributed by atoms with Gasteiger partial charge in [-0.25, -0.2) is 9.97 Å². The lowest BCUT2D eigenvalue weighted by Crippen LogP contribution is -2.00. The molecule has 0 saturated heterocycles. The van der Waals surface area contributed by atoms with Gasteiger partial charge in [-0.2, -0.15) is 0 Å². The minimum atomic E-state index is 0.679. The summed E-state index contributed by atoms with van der Waals surface area (Å²) in [5, 5.41) is 5.50. The third-order valence-corrected chi connectivity index (χ3v) is 4.72. The Morgan fingerprint density at radius 2 is 2.04 bits per heavy atom. The Balaban J connectivity index is 1.62. The van der Waals surface area contributed by atoms with E-state index in [-0.39, 0.29) is 0 Å². The molecule has 0 fully saturated rings. The predicted octanol–water partition coefficient (Wildman–Crippen LogP) is 4.10. The molecule has 0 bridgehead atoms. The molecule has 0 aromatic carbocycles. The Kier molecular flexibility index (Phi) is 4.73. The van der Waals surface area contributed by atoms with E-state index in [1.807, 2.05) is 43.8 Å². The molecule has 6 nitrogen and oxygen atoms in total. The first kappa shape index (κ1) is 16.8. The summed E-state index contributed by atoms with van der Waals surface area (Å²) in [4.78, 5) is 13.4. The molecule has 132 valence electrons. The molecule has 1 N–H and O–H groups in total. The van der Waals surface area contributed by atoms with Crippen molar-refractivity contribution in [2.45, 2.75) is 6.42 Å². The van der Waals surface area contributed by atoms with Gasteiger partial charge in [-0.3, -0.25) is 4.98 Å². The molecular formula is C19H19N5OS. The maximum atomic E-state index is 5.34. The molecule has 26 heavy (non-hydrogen) atoms. The highest BCUT2D eigenvalue weighted by molar-refractivity contribution is 7.93. The van der Waals surface area contributed by atoms with Crippen LogP contribution >= 0.6 is 12.0 Å². The minimum Gasteiger partial charge on any atom is -0.328 e. The van der Waals surface area contributed by atoms with E-state index in [2.05, 4.69) is 25.9 Å². The molecule has 4 heterocycles. The van der Waals surface area contributed by atoms with Crippen molar-refractivity contribution in [2.75, 3.05) is 18.2 Å². The van der Waals surface area contributed by atoms with Crippen molar-refractivity contribution >= 4 is 45.6 Å². The molecule has 0 spiro atoms. The Morgan fingerprint density at radius 3 is 2.92 bits per heavy atom. The van der Waals surface area contributed by atoms with Crippen molar-refractivity contribution in [1.29, 1.82) is 0 Å². The van der Waals surface area contributed by atoms with Crippen LogP contribution in [0.4, 0.5) is 11.6 Å². The average molecular weight is 365 g/mol. The molecule has 0 aliphatic heterocycles. The summed E-state index contributed by atoms with van der Waals surface area (Å²) in [6, 6.07) is 10.1. The van der Waals surface area contributed by atoms with Gasteiger partial charge < -0.3 is 14.1 Å². The number of fused-ring (bicyclic) bond motifs is 3. The minimum absolute atomic E-state index is 0.679. The van der Waals surface area contributed by atoms with E-state index in [0.717, 1.165) is 40.0 Å². The summed E-state index contributed by atoms with van der Waals surface area (Å²) >= 11 is 1.38. The fourth-order valence-electron chi connectivity index (χ4n) is 3.06. The van der Waals surface area contributed by atoms with Crippen molar-refractivity contribution in [3.8, 4) is 0 Å².